The lowest BCUT2D eigenvalue weighted by molar-refractivity contribution is -0.0164. The van der Waals surface area contributed by atoms with Gasteiger partial charge in [0.05, 0.1) is 23.3 Å². The van der Waals surface area contributed by atoms with Gasteiger partial charge in [-0.1, -0.05) is 0 Å². The molecule has 0 radical (unpaired) electrons. The molecule has 0 saturated carbocycles. The predicted octanol–water partition coefficient (Wildman–Crippen LogP) is 0.734. The van der Waals surface area contributed by atoms with Crippen molar-refractivity contribution in [1.82, 2.24) is 14.9 Å². The Morgan fingerprint density at radius 3 is 2.68 bits per heavy atom. The molecule has 1 saturated heterocycles. The zero-order valence-corrected chi connectivity index (χ0v) is 12.6. The molecule has 7 heteroatoms. The van der Waals surface area contributed by atoms with E-state index < -0.39 is 5.60 Å². The molecule has 0 aromatic carbocycles. The highest BCUT2D eigenvalue weighted by Crippen LogP contribution is 2.11. The van der Waals surface area contributed by atoms with Gasteiger partial charge in [-0.15, -0.1) is 0 Å². The molecule has 2 rings (SSSR count). The van der Waals surface area contributed by atoms with Crippen LogP contribution in [0.2, 0.25) is 0 Å². The molecule has 1 aromatic heterocycles. The second-order valence-electron chi connectivity index (χ2n) is 4.96. The molecular weight excluding hydrogens is 312 g/mol. The van der Waals surface area contributed by atoms with Crippen LogP contribution in [0.1, 0.15) is 6.92 Å². The number of β-amino-alcohol motifs (C(OH)–C–C–N with tert-alkyl or cyclic N) is 1. The number of hydrogen-bond acceptors (Lipinski definition) is 6. The highest BCUT2D eigenvalue weighted by atomic mass is 79.9. The first-order chi connectivity index (χ1) is 9.05. The summed E-state index contributed by atoms with van der Waals surface area (Å²) in [5, 5.41) is 13.4. The maximum atomic E-state index is 10.4. The third-order valence-electron chi connectivity index (χ3n) is 2.92. The Morgan fingerprint density at radius 1 is 1.42 bits per heavy atom. The van der Waals surface area contributed by atoms with Crippen LogP contribution in [0.5, 0.6) is 0 Å². The van der Waals surface area contributed by atoms with E-state index in [4.69, 9.17) is 4.74 Å². The zero-order chi connectivity index (χ0) is 13.7. The lowest BCUT2D eigenvalue weighted by atomic mass is 10.1. The monoisotopic (exact) mass is 330 g/mol. The number of aromatic nitrogens is 2. The summed E-state index contributed by atoms with van der Waals surface area (Å²) in [6.07, 6.45) is 3.35. The van der Waals surface area contributed by atoms with E-state index in [2.05, 4.69) is 36.1 Å². The molecule has 1 fully saturated rings. The van der Waals surface area contributed by atoms with Crippen LogP contribution in [-0.2, 0) is 4.74 Å². The van der Waals surface area contributed by atoms with Gasteiger partial charge < -0.3 is 15.2 Å². The molecule has 0 aliphatic carbocycles. The molecule has 1 aliphatic heterocycles. The van der Waals surface area contributed by atoms with Gasteiger partial charge in [-0.2, -0.15) is 0 Å². The first-order valence-corrected chi connectivity index (χ1v) is 7.08. The van der Waals surface area contributed by atoms with E-state index >= 15 is 0 Å². The van der Waals surface area contributed by atoms with Crippen molar-refractivity contribution < 1.29 is 9.84 Å². The van der Waals surface area contributed by atoms with Crippen molar-refractivity contribution in [1.29, 1.82) is 0 Å². The van der Waals surface area contributed by atoms with Crippen LogP contribution in [0, 0.1) is 0 Å². The van der Waals surface area contributed by atoms with Gasteiger partial charge >= 0.3 is 0 Å². The molecule has 106 valence electrons. The minimum Gasteiger partial charge on any atom is -0.387 e. The fourth-order valence-electron chi connectivity index (χ4n) is 1.97. The lowest BCUT2D eigenvalue weighted by Gasteiger charge is -2.33. The lowest BCUT2D eigenvalue weighted by Crippen LogP contribution is -2.49. The van der Waals surface area contributed by atoms with Crippen molar-refractivity contribution >= 4 is 21.9 Å². The molecule has 6 nitrogen and oxygen atoms in total. The second-order valence-corrected chi connectivity index (χ2v) is 5.88. The van der Waals surface area contributed by atoms with Crippen LogP contribution in [0.4, 0.5) is 5.95 Å². The molecule has 0 spiro atoms. The van der Waals surface area contributed by atoms with Gasteiger partial charge in [0.1, 0.15) is 0 Å². The highest BCUT2D eigenvalue weighted by Gasteiger charge is 2.25. The van der Waals surface area contributed by atoms with Gasteiger partial charge in [-0.05, 0) is 22.9 Å². The third kappa shape index (κ3) is 5.02. The standard InChI is InChI=1S/C12H19BrN4O2/c1-12(18,9-17-2-4-19-5-3-17)8-16-11-14-6-10(13)7-15-11/h6-7,18H,2-5,8-9H2,1H3,(H,14,15,16)/t12-/m0/s1. The first-order valence-electron chi connectivity index (χ1n) is 6.29. The first kappa shape index (κ1) is 14.6. The fourth-order valence-corrected chi connectivity index (χ4v) is 2.17. The largest absolute Gasteiger partial charge is 0.387 e. The van der Waals surface area contributed by atoms with Crippen molar-refractivity contribution in [3.63, 3.8) is 0 Å². The Bertz CT molecular complexity index is 393. The van der Waals surface area contributed by atoms with Crippen molar-refractivity contribution in [2.75, 3.05) is 44.7 Å². The van der Waals surface area contributed by atoms with Gasteiger partial charge in [0.25, 0.3) is 0 Å². The molecule has 19 heavy (non-hydrogen) atoms. The maximum Gasteiger partial charge on any atom is 0.222 e. The average molecular weight is 331 g/mol. The van der Waals surface area contributed by atoms with Gasteiger partial charge in [-0.25, -0.2) is 9.97 Å². The van der Waals surface area contributed by atoms with E-state index in [1.807, 2.05) is 6.92 Å². The molecule has 0 unspecified atom stereocenters. The molecule has 0 bridgehead atoms. The van der Waals surface area contributed by atoms with Gasteiger partial charge in [0.15, 0.2) is 0 Å². The minimum atomic E-state index is -0.826. The van der Waals surface area contributed by atoms with Crippen LogP contribution in [0.3, 0.4) is 0 Å². The minimum absolute atomic E-state index is 0.409. The number of aliphatic hydroxyl groups is 1. The summed E-state index contributed by atoms with van der Waals surface area (Å²) in [7, 11) is 0. The number of hydrogen-bond donors (Lipinski definition) is 2. The van der Waals surface area contributed by atoms with E-state index in [0.717, 1.165) is 30.8 Å². The number of anilines is 1. The third-order valence-corrected chi connectivity index (χ3v) is 3.33. The van der Waals surface area contributed by atoms with E-state index in [-0.39, 0.29) is 0 Å². The average Bonchev–Trinajstić information content (AvgIpc) is 2.39. The number of nitrogens with zero attached hydrogens (tertiary/aromatic N) is 3. The van der Waals surface area contributed by atoms with Gasteiger partial charge in [0.2, 0.25) is 5.95 Å². The van der Waals surface area contributed by atoms with Crippen LogP contribution in [-0.4, -0.2) is 65.0 Å². The molecule has 2 N–H and O–H groups in total. The fraction of sp³-hybridized carbons (Fsp3) is 0.667. The Kier molecular flexibility index (Phi) is 5.09. The highest BCUT2D eigenvalue weighted by molar-refractivity contribution is 9.10. The topological polar surface area (TPSA) is 70.5 Å². The van der Waals surface area contributed by atoms with Crippen molar-refractivity contribution in [3.05, 3.63) is 16.9 Å². The van der Waals surface area contributed by atoms with Crippen molar-refractivity contribution in [3.8, 4) is 0 Å². The number of nitrogens with one attached hydrogen (secondary N) is 1. The summed E-state index contributed by atoms with van der Waals surface area (Å²) in [6.45, 7) is 6.04. The SMILES string of the molecule is C[C@](O)(CNc1ncc(Br)cn1)CN1CCOCC1. The second kappa shape index (κ2) is 6.60. The predicted molar refractivity (Wildman–Crippen MR) is 76.1 cm³/mol. The van der Waals surface area contributed by atoms with E-state index in [0.29, 0.717) is 19.0 Å². The number of morpholine rings is 1. The van der Waals surface area contributed by atoms with Crippen molar-refractivity contribution in [2.24, 2.45) is 0 Å². The van der Waals surface area contributed by atoms with Crippen LogP contribution >= 0.6 is 15.9 Å². The van der Waals surface area contributed by atoms with E-state index in [1.54, 1.807) is 12.4 Å². The Morgan fingerprint density at radius 2 is 2.05 bits per heavy atom. The Labute approximate surface area is 121 Å². The smallest absolute Gasteiger partial charge is 0.222 e. The summed E-state index contributed by atoms with van der Waals surface area (Å²) in [4.78, 5) is 10.4. The zero-order valence-electron chi connectivity index (χ0n) is 11.0. The summed E-state index contributed by atoms with van der Waals surface area (Å²) in [5.41, 5.74) is -0.826. The van der Waals surface area contributed by atoms with Crippen molar-refractivity contribution in [2.45, 2.75) is 12.5 Å². The number of ether oxygens (including phenoxy) is 1. The molecule has 1 atom stereocenters. The molecule has 1 aromatic rings. The normalized spacial score (nSPS) is 19.9. The summed E-state index contributed by atoms with van der Waals surface area (Å²) >= 11 is 3.28. The number of halogens is 1. The van der Waals surface area contributed by atoms with Crippen LogP contribution in [0.25, 0.3) is 0 Å². The maximum absolute atomic E-state index is 10.4. The van der Waals surface area contributed by atoms with Gasteiger partial charge in [0, 0.05) is 38.6 Å². The van der Waals surface area contributed by atoms with Gasteiger partial charge in [-0.3, -0.25) is 4.90 Å². The van der Waals surface area contributed by atoms with E-state index in [1.165, 1.54) is 0 Å². The summed E-state index contributed by atoms with van der Waals surface area (Å²) in [5.74, 6) is 0.519. The van der Waals surface area contributed by atoms with Crippen LogP contribution < -0.4 is 5.32 Å². The summed E-state index contributed by atoms with van der Waals surface area (Å²) < 4.78 is 6.12. The molecule has 1 aliphatic rings. The quantitative estimate of drug-likeness (QED) is 0.829. The molecule has 2 heterocycles. The Hall–Kier alpha value is -0.760. The molecular formula is C12H19BrN4O2. The summed E-state index contributed by atoms with van der Waals surface area (Å²) in [6, 6.07) is 0. The number of rotatable bonds is 5. The molecule has 0 amide bonds. The van der Waals surface area contributed by atoms with E-state index in [9.17, 15) is 5.11 Å². The van der Waals surface area contributed by atoms with Crippen LogP contribution in [0.15, 0.2) is 16.9 Å². The Balaban J connectivity index is 1.81.